The quantitative estimate of drug-likeness (QED) is 0.643. The molecular formula is C20H22N2O6. The van der Waals surface area contributed by atoms with E-state index in [0.29, 0.717) is 12.1 Å². The minimum atomic E-state index is -1.17. The highest BCUT2D eigenvalue weighted by molar-refractivity contribution is 6.07. The van der Waals surface area contributed by atoms with E-state index < -0.39 is 11.9 Å². The number of amides is 2. The largest absolute Gasteiger partial charge is 0.493 e. The lowest BCUT2D eigenvalue weighted by Gasteiger charge is -2.15. The zero-order valence-corrected chi connectivity index (χ0v) is 15.9. The van der Waals surface area contributed by atoms with Crippen LogP contribution in [-0.2, 0) is 0 Å². The van der Waals surface area contributed by atoms with Crippen LogP contribution < -0.4 is 20.1 Å². The van der Waals surface area contributed by atoms with Gasteiger partial charge in [-0.1, -0.05) is 13.0 Å². The highest BCUT2D eigenvalue weighted by Crippen LogP contribution is 2.37. The number of nitrogens with one attached hydrogen (secondary N) is 2. The third kappa shape index (κ3) is 4.79. The van der Waals surface area contributed by atoms with Crippen LogP contribution in [0, 0.1) is 0 Å². The van der Waals surface area contributed by atoms with Crippen LogP contribution in [0.5, 0.6) is 11.5 Å². The lowest BCUT2D eigenvalue weighted by molar-refractivity contribution is 0.0695. The number of carboxylic acids is 1. The Morgan fingerprint density at radius 1 is 0.964 bits per heavy atom. The van der Waals surface area contributed by atoms with Gasteiger partial charge in [0, 0.05) is 17.7 Å². The van der Waals surface area contributed by atoms with Crippen LogP contribution >= 0.6 is 0 Å². The first-order valence-corrected chi connectivity index (χ1v) is 8.60. The number of carboxylic acid groups (broad SMARTS) is 1. The fourth-order valence-corrected chi connectivity index (χ4v) is 2.52. The minimum absolute atomic E-state index is 0.0688. The molecule has 0 spiro atoms. The van der Waals surface area contributed by atoms with E-state index in [1.165, 1.54) is 32.4 Å². The summed E-state index contributed by atoms with van der Waals surface area (Å²) in [4.78, 5) is 36.1. The number of carbonyl (C=O) groups excluding carboxylic acids is 2. The second-order valence-electron chi connectivity index (χ2n) is 5.86. The van der Waals surface area contributed by atoms with E-state index >= 15 is 0 Å². The molecule has 0 aliphatic heterocycles. The third-order valence-electron chi connectivity index (χ3n) is 3.90. The van der Waals surface area contributed by atoms with Crippen LogP contribution in [0.4, 0.5) is 5.69 Å². The maximum Gasteiger partial charge on any atom is 0.335 e. The first-order valence-electron chi connectivity index (χ1n) is 8.60. The molecule has 2 aromatic carbocycles. The third-order valence-corrected chi connectivity index (χ3v) is 3.90. The van der Waals surface area contributed by atoms with Crippen molar-refractivity contribution in [3.05, 3.63) is 53.1 Å². The van der Waals surface area contributed by atoms with E-state index in [0.717, 1.165) is 6.42 Å². The van der Waals surface area contributed by atoms with Gasteiger partial charge >= 0.3 is 5.97 Å². The summed E-state index contributed by atoms with van der Waals surface area (Å²) in [5.74, 6) is -1.61. The zero-order valence-electron chi connectivity index (χ0n) is 15.9. The van der Waals surface area contributed by atoms with E-state index in [9.17, 15) is 19.5 Å². The van der Waals surface area contributed by atoms with Crippen LogP contribution in [0.2, 0.25) is 0 Å². The van der Waals surface area contributed by atoms with Gasteiger partial charge in [-0.25, -0.2) is 4.79 Å². The molecule has 0 bridgehead atoms. The van der Waals surface area contributed by atoms with Crippen LogP contribution in [0.25, 0.3) is 0 Å². The molecular weight excluding hydrogens is 364 g/mol. The van der Waals surface area contributed by atoms with Gasteiger partial charge in [-0.2, -0.15) is 0 Å². The minimum Gasteiger partial charge on any atom is -0.493 e. The molecule has 0 atom stereocenters. The zero-order chi connectivity index (χ0) is 20.7. The smallest absolute Gasteiger partial charge is 0.335 e. The summed E-state index contributed by atoms with van der Waals surface area (Å²) < 4.78 is 10.4. The molecule has 148 valence electrons. The summed E-state index contributed by atoms with van der Waals surface area (Å²) >= 11 is 0. The number of benzene rings is 2. The van der Waals surface area contributed by atoms with Gasteiger partial charge in [-0.3, -0.25) is 9.59 Å². The Morgan fingerprint density at radius 2 is 1.64 bits per heavy atom. The number of hydrogen-bond acceptors (Lipinski definition) is 5. The van der Waals surface area contributed by atoms with Gasteiger partial charge in [0.05, 0.1) is 25.5 Å². The summed E-state index contributed by atoms with van der Waals surface area (Å²) in [6.07, 6.45) is 0.799. The van der Waals surface area contributed by atoms with E-state index in [1.54, 1.807) is 18.2 Å². The topological polar surface area (TPSA) is 114 Å². The normalized spacial score (nSPS) is 10.1. The SMILES string of the molecule is CCCNC(=O)c1cccc(C(=O)Nc2cc(C(=O)O)cc(OC)c2OC)c1. The highest BCUT2D eigenvalue weighted by Gasteiger charge is 2.18. The van der Waals surface area contributed by atoms with E-state index in [-0.39, 0.29) is 34.2 Å². The lowest BCUT2D eigenvalue weighted by Crippen LogP contribution is -2.24. The summed E-state index contributed by atoms with van der Waals surface area (Å²) in [6.45, 7) is 2.48. The average Bonchev–Trinajstić information content (AvgIpc) is 2.71. The van der Waals surface area contributed by atoms with Crippen LogP contribution in [0.1, 0.15) is 44.4 Å². The lowest BCUT2D eigenvalue weighted by atomic mass is 10.1. The van der Waals surface area contributed by atoms with Crippen molar-refractivity contribution >= 4 is 23.5 Å². The van der Waals surface area contributed by atoms with Crippen molar-refractivity contribution in [1.82, 2.24) is 5.32 Å². The van der Waals surface area contributed by atoms with Gasteiger partial charge in [0.25, 0.3) is 11.8 Å². The first-order chi connectivity index (χ1) is 13.4. The van der Waals surface area contributed by atoms with Gasteiger partial charge in [0.2, 0.25) is 0 Å². The van der Waals surface area contributed by atoms with Crippen molar-refractivity contribution in [2.24, 2.45) is 0 Å². The standard InChI is InChI=1S/C20H22N2O6/c1-4-8-21-18(23)12-6-5-7-13(9-12)19(24)22-15-10-14(20(25)26)11-16(27-2)17(15)28-3/h5-7,9-11H,4,8H2,1-3H3,(H,21,23)(H,22,24)(H,25,26). The summed E-state index contributed by atoms with van der Waals surface area (Å²) in [6, 6.07) is 8.80. The van der Waals surface area contributed by atoms with Gasteiger partial charge in [-0.15, -0.1) is 0 Å². The molecule has 0 unspecified atom stereocenters. The molecule has 0 saturated carbocycles. The Morgan fingerprint density at radius 3 is 2.21 bits per heavy atom. The van der Waals surface area contributed by atoms with Crippen molar-refractivity contribution in [1.29, 1.82) is 0 Å². The maximum atomic E-state index is 12.7. The van der Waals surface area contributed by atoms with E-state index in [4.69, 9.17) is 9.47 Å². The molecule has 0 aliphatic rings. The number of ether oxygens (including phenoxy) is 2. The molecule has 2 amide bonds. The van der Waals surface area contributed by atoms with Crippen LogP contribution in [0.3, 0.4) is 0 Å². The Hall–Kier alpha value is -3.55. The van der Waals surface area contributed by atoms with Gasteiger partial charge < -0.3 is 25.2 Å². The molecule has 8 nitrogen and oxygen atoms in total. The fraction of sp³-hybridized carbons (Fsp3) is 0.250. The molecule has 0 saturated heterocycles. The predicted octanol–water partition coefficient (Wildman–Crippen LogP) is 2.79. The Kier molecular flexibility index (Phi) is 6.97. The van der Waals surface area contributed by atoms with E-state index in [2.05, 4.69) is 10.6 Å². The number of hydrogen-bond donors (Lipinski definition) is 3. The average molecular weight is 386 g/mol. The van der Waals surface area contributed by atoms with Crippen molar-refractivity contribution < 1.29 is 29.0 Å². The van der Waals surface area contributed by atoms with Gasteiger partial charge in [-0.05, 0) is 36.8 Å². The van der Waals surface area contributed by atoms with Crippen molar-refractivity contribution in [3.63, 3.8) is 0 Å². The Bertz CT molecular complexity index is 894. The van der Waals surface area contributed by atoms with Crippen LogP contribution in [-0.4, -0.2) is 43.7 Å². The van der Waals surface area contributed by atoms with Gasteiger partial charge in [0.1, 0.15) is 0 Å². The molecule has 28 heavy (non-hydrogen) atoms. The molecule has 3 N–H and O–H groups in total. The molecule has 0 heterocycles. The Balaban J connectivity index is 2.33. The predicted molar refractivity (Wildman–Crippen MR) is 104 cm³/mol. The van der Waals surface area contributed by atoms with Crippen molar-refractivity contribution in [3.8, 4) is 11.5 Å². The molecule has 0 aliphatic carbocycles. The first kappa shape index (κ1) is 20.8. The number of carbonyl (C=O) groups is 3. The monoisotopic (exact) mass is 386 g/mol. The molecule has 0 aromatic heterocycles. The molecule has 0 fully saturated rings. The summed E-state index contributed by atoms with van der Waals surface area (Å²) in [7, 11) is 2.75. The van der Waals surface area contributed by atoms with Crippen molar-refractivity contribution in [2.45, 2.75) is 13.3 Å². The Labute approximate surface area is 162 Å². The molecule has 8 heteroatoms. The van der Waals surface area contributed by atoms with Crippen molar-refractivity contribution in [2.75, 3.05) is 26.1 Å². The summed E-state index contributed by atoms with van der Waals surface area (Å²) in [5.41, 5.74) is 0.668. The molecule has 2 rings (SSSR count). The second kappa shape index (κ2) is 9.40. The number of methoxy groups -OCH3 is 2. The van der Waals surface area contributed by atoms with Gasteiger partial charge in [0.15, 0.2) is 11.5 Å². The number of aromatic carboxylic acids is 1. The van der Waals surface area contributed by atoms with E-state index in [1.807, 2.05) is 6.92 Å². The molecule has 2 aromatic rings. The highest BCUT2D eigenvalue weighted by atomic mass is 16.5. The summed E-state index contributed by atoms with van der Waals surface area (Å²) in [5, 5.41) is 14.6. The number of rotatable bonds is 8. The number of anilines is 1. The fourth-order valence-electron chi connectivity index (χ4n) is 2.52. The molecule has 0 radical (unpaired) electrons. The van der Waals surface area contributed by atoms with Crippen LogP contribution in [0.15, 0.2) is 36.4 Å². The maximum absolute atomic E-state index is 12.7. The second-order valence-corrected chi connectivity index (χ2v) is 5.86.